The number of rotatable bonds is 3. The minimum atomic E-state index is -0.633. The van der Waals surface area contributed by atoms with E-state index in [0.717, 1.165) is 5.56 Å². The first-order valence-electron chi connectivity index (χ1n) is 7.14. The Balaban J connectivity index is 1.86. The van der Waals surface area contributed by atoms with E-state index < -0.39 is 6.04 Å². The summed E-state index contributed by atoms with van der Waals surface area (Å²) < 4.78 is 0. The highest BCUT2D eigenvalue weighted by Gasteiger charge is 2.42. The zero-order valence-electron chi connectivity index (χ0n) is 12.0. The van der Waals surface area contributed by atoms with Gasteiger partial charge in [0.1, 0.15) is 12.4 Å². The van der Waals surface area contributed by atoms with Crippen LogP contribution in [0.2, 0.25) is 0 Å². The van der Waals surface area contributed by atoms with Crippen molar-refractivity contribution in [3.8, 4) is 0 Å². The summed E-state index contributed by atoms with van der Waals surface area (Å²) in [6, 6.07) is 15.5. The molecule has 0 aliphatic carbocycles. The Bertz CT molecular complexity index is 840. The minimum Gasteiger partial charge on any atom is -0.269 e. The first kappa shape index (κ1) is 13.4. The van der Waals surface area contributed by atoms with Gasteiger partial charge < -0.3 is 0 Å². The number of imide groups is 1. The molecule has 2 aromatic carbocycles. The minimum absolute atomic E-state index is 0.323. The lowest BCUT2D eigenvalue weighted by atomic mass is 10.0. The van der Waals surface area contributed by atoms with Crippen molar-refractivity contribution in [2.24, 2.45) is 0 Å². The van der Waals surface area contributed by atoms with E-state index in [0.29, 0.717) is 17.0 Å². The van der Waals surface area contributed by atoms with Gasteiger partial charge in [0.15, 0.2) is 5.82 Å². The van der Waals surface area contributed by atoms with Gasteiger partial charge >= 0.3 is 0 Å². The zero-order valence-corrected chi connectivity index (χ0v) is 12.0. The van der Waals surface area contributed by atoms with Crippen molar-refractivity contribution < 1.29 is 9.59 Å². The van der Waals surface area contributed by atoms with Gasteiger partial charge in [0.05, 0.1) is 11.1 Å². The largest absolute Gasteiger partial charge is 0.269 e. The van der Waals surface area contributed by atoms with Crippen LogP contribution >= 0.6 is 0 Å². The van der Waals surface area contributed by atoms with E-state index in [1.54, 1.807) is 24.3 Å². The van der Waals surface area contributed by atoms with E-state index in [1.807, 2.05) is 30.3 Å². The quantitative estimate of drug-likeness (QED) is 0.752. The third-order valence-corrected chi connectivity index (χ3v) is 3.89. The Morgan fingerprint density at radius 2 is 1.48 bits per heavy atom. The lowest BCUT2D eigenvalue weighted by molar-refractivity contribution is 0.0603. The summed E-state index contributed by atoms with van der Waals surface area (Å²) in [5, 5.41) is 6.63. The van der Waals surface area contributed by atoms with Crippen LogP contribution in [0.1, 0.15) is 38.1 Å². The monoisotopic (exact) mass is 304 g/mol. The molecule has 23 heavy (non-hydrogen) atoms. The molecule has 3 aromatic rings. The van der Waals surface area contributed by atoms with Gasteiger partial charge in [-0.1, -0.05) is 42.5 Å². The topological polar surface area (TPSA) is 79.0 Å². The van der Waals surface area contributed by atoms with E-state index >= 15 is 0 Å². The molecule has 2 amide bonds. The van der Waals surface area contributed by atoms with Crippen LogP contribution in [0.25, 0.3) is 0 Å². The molecule has 6 heteroatoms. The average Bonchev–Trinajstić information content (AvgIpc) is 3.20. The van der Waals surface area contributed by atoms with Crippen molar-refractivity contribution in [1.82, 2.24) is 20.1 Å². The highest BCUT2D eigenvalue weighted by Crippen LogP contribution is 2.34. The highest BCUT2D eigenvalue weighted by atomic mass is 16.2. The Morgan fingerprint density at radius 1 is 0.870 bits per heavy atom. The summed E-state index contributed by atoms with van der Waals surface area (Å²) in [5.74, 6) is -0.197. The van der Waals surface area contributed by atoms with Crippen LogP contribution in [-0.4, -0.2) is 31.9 Å². The second-order valence-corrected chi connectivity index (χ2v) is 5.21. The molecule has 112 valence electrons. The van der Waals surface area contributed by atoms with E-state index in [-0.39, 0.29) is 11.8 Å². The van der Waals surface area contributed by atoms with Crippen molar-refractivity contribution in [1.29, 1.82) is 0 Å². The van der Waals surface area contributed by atoms with Gasteiger partial charge in [0.2, 0.25) is 0 Å². The molecule has 0 spiro atoms. The first-order valence-corrected chi connectivity index (χ1v) is 7.14. The lowest BCUT2D eigenvalue weighted by Gasteiger charge is -2.24. The Morgan fingerprint density at radius 3 is 2.04 bits per heavy atom. The number of amides is 2. The van der Waals surface area contributed by atoms with E-state index in [2.05, 4.69) is 15.2 Å². The number of benzene rings is 2. The number of hydrogen-bond acceptors (Lipinski definition) is 4. The van der Waals surface area contributed by atoms with Gasteiger partial charge in [-0.15, -0.1) is 0 Å². The Kier molecular flexibility index (Phi) is 3.01. The molecule has 4 rings (SSSR count). The Labute approximate surface area is 131 Å². The van der Waals surface area contributed by atoms with Crippen molar-refractivity contribution in [3.05, 3.63) is 83.4 Å². The van der Waals surface area contributed by atoms with Crippen LogP contribution in [0.3, 0.4) is 0 Å². The second kappa shape index (κ2) is 5.17. The average molecular weight is 304 g/mol. The molecule has 1 atom stereocenters. The van der Waals surface area contributed by atoms with Crippen molar-refractivity contribution in [2.45, 2.75) is 6.04 Å². The van der Waals surface area contributed by atoms with Gasteiger partial charge in [-0.3, -0.25) is 19.6 Å². The fourth-order valence-corrected chi connectivity index (χ4v) is 2.85. The molecule has 1 N–H and O–H groups in total. The molecule has 1 unspecified atom stereocenters. The number of carbonyl (C=O) groups is 2. The fourth-order valence-electron chi connectivity index (χ4n) is 2.85. The van der Waals surface area contributed by atoms with E-state index in [9.17, 15) is 9.59 Å². The predicted octanol–water partition coefficient (Wildman–Crippen LogP) is 2.19. The standard InChI is InChI=1S/C17H12N4O2/c22-16-12-8-4-5-9-13(12)17(23)21(16)14(15-18-10-19-20-15)11-6-2-1-3-7-11/h1-10,14H,(H,18,19,20). The Hall–Kier alpha value is -3.28. The van der Waals surface area contributed by atoms with Crippen molar-refractivity contribution in [2.75, 3.05) is 0 Å². The molecule has 1 aliphatic heterocycles. The van der Waals surface area contributed by atoms with Gasteiger partial charge in [-0.25, -0.2) is 4.98 Å². The van der Waals surface area contributed by atoms with Gasteiger partial charge in [-0.2, -0.15) is 5.10 Å². The van der Waals surface area contributed by atoms with E-state index in [4.69, 9.17) is 0 Å². The van der Waals surface area contributed by atoms with Gasteiger partial charge in [-0.05, 0) is 17.7 Å². The molecule has 0 radical (unpaired) electrons. The normalized spacial score (nSPS) is 14.9. The summed E-state index contributed by atoms with van der Waals surface area (Å²) in [6.07, 6.45) is 1.36. The summed E-state index contributed by atoms with van der Waals surface area (Å²) in [5.41, 5.74) is 1.62. The van der Waals surface area contributed by atoms with Crippen LogP contribution in [0, 0.1) is 0 Å². The van der Waals surface area contributed by atoms with Crippen LogP contribution in [0.5, 0.6) is 0 Å². The molecule has 0 saturated carbocycles. The lowest BCUT2D eigenvalue weighted by Crippen LogP contribution is -2.35. The molecular weight excluding hydrogens is 292 g/mol. The highest BCUT2D eigenvalue weighted by molar-refractivity contribution is 6.21. The molecule has 6 nitrogen and oxygen atoms in total. The smallest absolute Gasteiger partial charge is 0.262 e. The summed E-state index contributed by atoms with van der Waals surface area (Å²) in [4.78, 5) is 30.9. The molecular formula is C17H12N4O2. The number of nitrogens with zero attached hydrogens (tertiary/aromatic N) is 3. The molecule has 2 heterocycles. The maximum Gasteiger partial charge on any atom is 0.262 e. The number of hydrogen-bond donors (Lipinski definition) is 1. The van der Waals surface area contributed by atoms with Crippen LogP contribution in [-0.2, 0) is 0 Å². The summed E-state index contributed by atoms with van der Waals surface area (Å²) in [7, 11) is 0. The van der Waals surface area contributed by atoms with Crippen LogP contribution in [0.4, 0.5) is 0 Å². The number of fused-ring (bicyclic) bond motifs is 1. The maximum atomic E-state index is 12.8. The van der Waals surface area contributed by atoms with Gasteiger partial charge in [0.25, 0.3) is 11.8 Å². The summed E-state index contributed by atoms with van der Waals surface area (Å²) in [6.45, 7) is 0. The number of aromatic amines is 1. The third-order valence-electron chi connectivity index (χ3n) is 3.89. The number of nitrogens with one attached hydrogen (secondary N) is 1. The molecule has 1 aromatic heterocycles. The number of carbonyl (C=O) groups excluding carboxylic acids is 2. The van der Waals surface area contributed by atoms with Crippen LogP contribution < -0.4 is 0 Å². The predicted molar refractivity (Wildman–Crippen MR) is 81.6 cm³/mol. The first-order chi connectivity index (χ1) is 11.3. The number of H-pyrrole nitrogens is 1. The summed E-state index contributed by atoms with van der Waals surface area (Å²) >= 11 is 0. The number of aromatic nitrogens is 3. The molecule has 1 aliphatic rings. The van der Waals surface area contributed by atoms with Crippen LogP contribution in [0.15, 0.2) is 60.9 Å². The molecule has 0 saturated heterocycles. The second-order valence-electron chi connectivity index (χ2n) is 5.21. The van der Waals surface area contributed by atoms with Gasteiger partial charge in [0, 0.05) is 0 Å². The van der Waals surface area contributed by atoms with E-state index in [1.165, 1.54) is 11.2 Å². The molecule has 0 fully saturated rings. The molecule has 0 bridgehead atoms. The third kappa shape index (κ3) is 2.03. The zero-order chi connectivity index (χ0) is 15.8. The SMILES string of the molecule is O=C1c2ccccc2C(=O)N1C(c1ccccc1)c1ncn[nH]1. The van der Waals surface area contributed by atoms with Crippen molar-refractivity contribution >= 4 is 11.8 Å². The fraction of sp³-hybridized carbons (Fsp3) is 0.0588. The maximum absolute atomic E-state index is 12.8. The van der Waals surface area contributed by atoms with Crippen molar-refractivity contribution in [3.63, 3.8) is 0 Å².